The molecule has 6 nitrogen and oxygen atoms in total. The van der Waals surface area contributed by atoms with Gasteiger partial charge in [0.05, 0.1) is 35.0 Å². The van der Waals surface area contributed by atoms with Gasteiger partial charge in [0.15, 0.2) is 11.5 Å². The van der Waals surface area contributed by atoms with Crippen molar-refractivity contribution in [1.82, 2.24) is 9.97 Å². The van der Waals surface area contributed by atoms with Gasteiger partial charge >= 0.3 is 0 Å². The van der Waals surface area contributed by atoms with Gasteiger partial charge in [0.25, 0.3) is 0 Å². The van der Waals surface area contributed by atoms with Crippen molar-refractivity contribution in [2.45, 2.75) is 26.9 Å². The zero-order valence-electron chi connectivity index (χ0n) is 14.9. The smallest absolute Gasteiger partial charge is 0.222 e. The van der Waals surface area contributed by atoms with E-state index in [4.69, 9.17) is 21.1 Å². The van der Waals surface area contributed by atoms with Crippen molar-refractivity contribution in [1.29, 1.82) is 0 Å². The molecule has 0 fully saturated rings. The van der Waals surface area contributed by atoms with Gasteiger partial charge in [0.1, 0.15) is 0 Å². The van der Waals surface area contributed by atoms with Crippen LogP contribution in [0.1, 0.15) is 26.3 Å². The summed E-state index contributed by atoms with van der Waals surface area (Å²) in [4.78, 5) is 7.55. The van der Waals surface area contributed by atoms with Gasteiger partial charge in [0.2, 0.25) is 5.95 Å². The quantitative estimate of drug-likeness (QED) is 0.459. The molecule has 2 N–H and O–H groups in total. The summed E-state index contributed by atoms with van der Waals surface area (Å²) >= 11 is 6.36. The Morgan fingerprint density at radius 3 is 2.85 bits per heavy atom. The minimum Gasteiger partial charge on any atom is -0.490 e. The first kappa shape index (κ1) is 18.1. The first-order valence-corrected chi connectivity index (χ1v) is 8.81. The average molecular weight is 373 g/mol. The molecule has 0 aliphatic rings. The van der Waals surface area contributed by atoms with Crippen molar-refractivity contribution in [2.75, 3.05) is 12.0 Å². The highest BCUT2D eigenvalue weighted by Gasteiger charge is 2.13. The van der Waals surface area contributed by atoms with Crippen molar-refractivity contribution >= 4 is 34.8 Å². The Morgan fingerprint density at radius 2 is 2.12 bits per heavy atom. The molecule has 0 bridgehead atoms. The molecule has 0 radical (unpaired) electrons. The zero-order valence-corrected chi connectivity index (χ0v) is 15.7. The normalized spacial score (nSPS) is 11.4. The maximum absolute atomic E-state index is 6.36. The first-order chi connectivity index (χ1) is 12.6. The number of nitrogens with zero attached hydrogens (tertiary/aromatic N) is 2. The lowest BCUT2D eigenvalue weighted by Crippen LogP contribution is -2.08. The second-order valence-corrected chi connectivity index (χ2v) is 6.31. The number of fused-ring (bicyclic) bond motifs is 1. The number of benzene rings is 2. The van der Waals surface area contributed by atoms with Crippen molar-refractivity contribution in [3.8, 4) is 11.5 Å². The van der Waals surface area contributed by atoms with E-state index in [1.807, 2.05) is 51.1 Å². The highest BCUT2D eigenvalue weighted by Crippen LogP contribution is 2.37. The monoisotopic (exact) mass is 372 g/mol. The number of ether oxygens (including phenoxy) is 2. The number of H-pyrrole nitrogens is 1. The summed E-state index contributed by atoms with van der Waals surface area (Å²) in [7, 11) is 0. The van der Waals surface area contributed by atoms with E-state index in [9.17, 15) is 0 Å². The van der Waals surface area contributed by atoms with Crippen molar-refractivity contribution in [3.05, 3.63) is 47.0 Å². The standard InChI is InChI=1S/C19H21ClN4O2/c1-4-25-17-10-13(9-14(20)18(17)26-12(2)3)11-21-24-19-22-15-7-5-6-8-16(15)23-19/h5-12H,4H2,1-3H3,(H2,22,23,24)/b21-11-. The SMILES string of the molecule is CCOc1cc(/C=N\Nc2nc3ccccc3[nH]2)cc(Cl)c1OC(C)C. The Balaban J connectivity index is 1.78. The number of rotatable bonds is 7. The Hall–Kier alpha value is -2.73. The molecule has 0 aliphatic carbocycles. The largest absolute Gasteiger partial charge is 0.490 e. The van der Waals surface area contributed by atoms with Gasteiger partial charge in [-0.1, -0.05) is 23.7 Å². The zero-order chi connectivity index (χ0) is 18.5. The molecule has 0 unspecified atom stereocenters. The number of nitrogens with one attached hydrogen (secondary N) is 2. The molecule has 136 valence electrons. The van der Waals surface area contributed by atoms with Crippen LogP contribution in [-0.4, -0.2) is 28.9 Å². The van der Waals surface area contributed by atoms with E-state index in [0.29, 0.717) is 29.1 Å². The molecule has 0 saturated heterocycles. The Kier molecular flexibility index (Phi) is 5.63. The lowest BCUT2D eigenvalue weighted by molar-refractivity contribution is 0.224. The fourth-order valence-corrected chi connectivity index (χ4v) is 2.71. The topological polar surface area (TPSA) is 71.5 Å². The molecule has 26 heavy (non-hydrogen) atoms. The second kappa shape index (κ2) is 8.10. The molecule has 1 aromatic heterocycles. The van der Waals surface area contributed by atoms with Crippen LogP contribution >= 0.6 is 11.6 Å². The summed E-state index contributed by atoms with van der Waals surface area (Å²) in [6.45, 7) is 6.32. The molecular weight excluding hydrogens is 352 g/mol. The summed E-state index contributed by atoms with van der Waals surface area (Å²) in [5.74, 6) is 1.71. The predicted molar refractivity (Wildman–Crippen MR) is 106 cm³/mol. The van der Waals surface area contributed by atoms with E-state index < -0.39 is 0 Å². The van der Waals surface area contributed by atoms with Crippen molar-refractivity contribution in [3.63, 3.8) is 0 Å². The van der Waals surface area contributed by atoms with Gasteiger partial charge in [-0.3, -0.25) is 0 Å². The van der Waals surface area contributed by atoms with Crippen LogP contribution in [0.25, 0.3) is 11.0 Å². The van der Waals surface area contributed by atoms with E-state index in [2.05, 4.69) is 20.5 Å². The van der Waals surface area contributed by atoms with Gasteiger partial charge < -0.3 is 14.5 Å². The Morgan fingerprint density at radius 1 is 1.31 bits per heavy atom. The average Bonchev–Trinajstić information content (AvgIpc) is 3.00. The minimum atomic E-state index is 0.000903. The maximum atomic E-state index is 6.36. The summed E-state index contributed by atoms with van der Waals surface area (Å²) in [5, 5.41) is 4.70. The van der Waals surface area contributed by atoms with Crippen molar-refractivity contribution in [2.24, 2.45) is 5.10 Å². The van der Waals surface area contributed by atoms with Crippen LogP contribution in [0, 0.1) is 0 Å². The van der Waals surface area contributed by atoms with Gasteiger partial charge in [-0.05, 0) is 50.6 Å². The van der Waals surface area contributed by atoms with E-state index in [1.54, 1.807) is 12.3 Å². The first-order valence-electron chi connectivity index (χ1n) is 8.43. The number of hydrogen-bond acceptors (Lipinski definition) is 5. The summed E-state index contributed by atoms with van der Waals surface area (Å²) in [5.41, 5.74) is 5.50. The second-order valence-electron chi connectivity index (χ2n) is 5.90. The molecule has 0 amide bonds. The minimum absolute atomic E-state index is 0.000903. The van der Waals surface area contributed by atoms with Gasteiger partial charge in [-0.15, -0.1) is 0 Å². The van der Waals surface area contributed by atoms with E-state index in [-0.39, 0.29) is 6.10 Å². The summed E-state index contributed by atoms with van der Waals surface area (Å²) in [6.07, 6.45) is 1.65. The third kappa shape index (κ3) is 4.26. The molecular formula is C19H21ClN4O2. The molecule has 0 aliphatic heterocycles. The van der Waals surface area contributed by atoms with Gasteiger partial charge in [-0.25, -0.2) is 10.4 Å². The number of anilines is 1. The van der Waals surface area contributed by atoms with Crippen LogP contribution in [0.3, 0.4) is 0 Å². The number of hydrogen-bond donors (Lipinski definition) is 2. The molecule has 0 spiro atoms. The molecule has 3 aromatic rings. The number of halogens is 1. The van der Waals surface area contributed by atoms with E-state index >= 15 is 0 Å². The van der Waals surface area contributed by atoms with Gasteiger partial charge in [-0.2, -0.15) is 5.10 Å². The number of hydrazone groups is 1. The highest BCUT2D eigenvalue weighted by molar-refractivity contribution is 6.32. The molecule has 2 aromatic carbocycles. The molecule has 3 rings (SSSR count). The van der Waals surface area contributed by atoms with Crippen LogP contribution < -0.4 is 14.9 Å². The van der Waals surface area contributed by atoms with Gasteiger partial charge in [0, 0.05) is 0 Å². The highest BCUT2D eigenvalue weighted by atomic mass is 35.5. The Labute approximate surface area is 157 Å². The van der Waals surface area contributed by atoms with Crippen LogP contribution in [0.15, 0.2) is 41.5 Å². The van der Waals surface area contributed by atoms with Crippen LogP contribution in [-0.2, 0) is 0 Å². The molecule has 7 heteroatoms. The molecule has 1 heterocycles. The lowest BCUT2D eigenvalue weighted by Gasteiger charge is -2.16. The maximum Gasteiger partial charge on any atom is 0.222 e. The fourth-order valence-electron chi connectivity index (χ4n) is 2.45. The summed E-state index contributed by atoms with van der Waals surface area (Å²) in [6, 6.07) is 11.4. The molecule has 0 saturated carbocycles. The number of para-hydroxylation sites is 2. The van der Waals surface area contributed by atoms with Crippen LogP contribution in [0.5, 0.6) is 11.5 Å². The third-order valence-electron chi connectivity index (χ3n) is 3.46. The third-order valence-corrected chi connectivity index (χ3v) is 3.74. The lowest BCUT2D eigenvalue weighted by atomic mass is 10.2. The van der Waals surface area contributed by atoms with Crippen LogP contribution in [0.4, 0.5) is 5.95 Å². The Bertz CT molecular complexity index is 888. The van der Waals surface area contributed by atoms with E-state index in [1.165, 1.54) is 0 Å². The number of aromatic nitrogens is 2. The summed E-state index contributed by atoms with van der Waals surface area (Å²) < 4.78 is 11.4. The number of aromatic amines is 1. The number of imidazole rings is 1. The van der Waals surface area contributed by atoms with Crippen molar-refractivity contribution < 1.29 is 9.47 Å². The van der Waals surface area contributed by atoms with E-state index in [0.717, 1.165) is 16.6 Å². The predicted octanol–water partition coefficient (Wildman–Crippen LogP) is 4.85. The fraction of sp³-hybridized carbons (Fsp3) is 0.263. The molecule has 0 atom stereocenters. The van der Waals surface area contributed by atoms with Crippen LogP contribution in [0.2, 0.25) is 5.02 Å².